The summed E-state index contributed by atoms with van der Waals surface area (Å²) in [6.07, 6.45) is 8.60. The Balaban J connectivity index is 5.99. The van der Waals surface area contributed by atoms with Crippen LogP contribution in [0.15, 0.2) is 0 Å². The molecule has 0 unspecified atom stereocenters. The molecule has 0 rings (SSSR count). The molecular formula is C21H47N3. The highest BCUT2D eigenvalue weighted by Gasteiger charge is 2.43. The van der Waals surface area contributed by atoms with Crippen LogP contribution in [0.1, 0.15) is 93.4 Å². The van der Waals surface area contributed by atoms with Gasteiger partial charge in [0.15, 0.2) is 0 Å². The van der Waals surface area contributed by atoms with Crippen molar-refractivity contribution in [1.29, 1.82) is 0 Å². The normalized spacial score (nSPS) is 12.8. The molecule has 0 saturated heterocycles. The molecule has 0 fully saturated rings. The van der Waals surface area contributed by atoms with Crippen molar-refractivity contribution in [3.63, 3.8) is 0 Å². The fraction of sp³-hybridized carbons (Fsp3) is 1.00. The van der Waals surface area contributed by atoms with E-state index in [2.05, 4.69) is 63.2 Å². The van der Waals surface area contributed by atoms with Gasteiger partial charge in [-0.1, -0.05) is 48.5 Å². The third-order valence-corrected chi connectivity index (χ3v) is 4.95. The average molecular weight is 342 g/mol. The van der Waals surface area contributed by atoms with E-state index in [4.69, 9.17) is 0 Å². The quantitative estimate of drug-likeness (QED) is 0.347. The maximum atomic E-state index is 2.81. The topological polar surface area (TPSA) is 9.72 Å². The van der Waals surface area contributed by atoms with E-state index in [1.807, 2.05) is 0 Å². The smallest absolute Gasteiger partial charge is 0.130 e. The Morgan fingerprint density at radius 3 is 0.750 bits per heavy atom. The number of hydrogen-bond donors (Lipinski definition) is 0. The zero-order chi connectivity index (χ0) is 18.4. The Kier molecular flexibility index (Phi) is 14.0. The second kappa shape index (κ2) is 14.1. The lowest BCUT2D eigenvalue weighted by Crippen LogP contribution is -2.70. The molecular weight excluding hydrogens is 294 g/mol. The predicted octanol–water partition coefficient (Wildman–Crippen LogP) is 5.42. The zero-order valence-corrected chi connectivity index (χ0v) is 18.0. The summed E-state index contributed by atoms with van der Waals surface area (Å²) in [4.78, 5) is 8.43. The minimum Gasteiger partial charge on any atom is -0.273 e. The Labute approximate surface area is 153 Å². The van der Waals surface area contributed by atoms with Crippen LogP contribution >= 0.6 is 0 Å². The predicted molar refractivity (Wildman–Crippen MR) is 109 cm³/mol. The summed E-state index contributed by atoms with van der Waals surface area (Å²) in [6.45, 7) is 23.6. The molecule has 0 saturated carbocycles. The maximum absolute atomic E-state index is 2.81. The minimum atomic E-state index is 0.101. The molecule has 146 valence electrons. The van der Waals surface area contributed by atoms with Crippen LogP contribution in [-0.2, 0) is 0 Å². The van der Waals surface area contributed by atoms with Crippen molar-refractivity contribution in [3.8, 4) is 0 Å². The van der Waals surface area contributed by atoms with Crippen molar-refractivity contribution in [2.75, 3.05) is 39.3 Å². The molecule has 0 radical (unpaired) electrons. The standard InChI is InChI=1S/C21H47N3/c1-8-15-22(16-9-2)21(14-7,23(17-10-3)18-11-4)24(19-12-5)20-13-6/h8-20H2,1-7H3. The molecule has 0 aliphatic carbocycles. The summed E-state index contributed by atoms with van der Waals surface area (Å²) in [5.74, 6) is 0.101. The highest BCUT2D eigenvalue weighted by molar-refractivity contribution is 4.90. The van der Waals surface area contributed by atoms with Gasteiger partial charge in [0.05, 0.1) is 0 Å². The lowest BCUT2D eigenvalue weighted by molar-refractivity contribution is -0.174. The van der Waals surface area contributed by atoms with Gasteiger partial charge in [0.25, 0.3) is 0 Å². The van der Waals surface area contributed by atoms with Gasteiger partial charge in [0.1, 0.15) is 5.79 Å². The zero-order valence-electron chi connectivity index (χ0n) is 18.0. The Morgan fingerprint density at radius 1 is 0.417 bits per heavy atom. The highest BCUT2D eigenvalue weighted by atomic mass is 15.6. The first-order valence-corrected chi connectivity index (χ1v) is 10.9. The number of hydrogen-bond acceptors (Lipinski definition) is 3. The van der Waals surface area contributed by atoms with E-state index in [0.29, 0.717) is 0 Å². The molecule has 0 atom stereocenters. The molecule has 0 amide bonds. The van der Waals surface area contributed by atoms with E-state index in [-0.39, 0.29) is 5.79 Å². The molecule has 0 aromatic heterocycles. The van der Waals surface area contributed by atoms with Crippen molar-refractivity contribution >= 4 is 0 Å². The SMILES string of the molecule is CCCN(CCC)C(CC)(N(CCC)CCC)N(CCC)CCC. The van der Waals surface area contributed by atoms with Gasteiger partial charge < -0.3 is 0 Å². The molecule has 3 heteroatoms. The Bertz CT molecular complexity index is 221. The Hall–Kier alpha value is -0.120. The van der Waals surface area contributed by atoms with Gasteiger partial charge in [0.2, 0.25) is 0 Å². The third kappa shape index (κ3) is 6.31. The summed E-state index contributed by atoms with van der Waals surface area (Å²) in [7, 11) is 0. The van der Waals surface area contributed by atoms with Crippen LogP contribution in [0.25, 0.3) is 0 Å². The van der Waals surface area contributed by atoms with Gasteiger partial charge in [-0.2, -0.15) is 0 Å². The fourth-order valence-corrected chi connectivity index (χ4v) is 4.30. The summed E-state index contributed by atoms with van der Waals surface area (Å²) >= 11 is 0. The Morgan fingerprint density at radius 2 is 0.625 bits per heavy atom. The van der Waals surface area contributed by atoms with Crippen LogP contribution in [0.5, 0.6) is 0 Å². The molecule has 0 aromatic rings. The summed E-state index contributed by atoms with van der Waals surface area (Å²) < 4.78 is 0. The van der Waals surface area contributed by atoms with Crippen LogP contribution in [-0.4, -0.2) is 59.8 Å². The number of rotatable bonds is 16. The highest BCUT2D eigenvalue weighted by Crippen LogP contribution is 2.31. The van der Waals surface area contributed by atoms with Gasteiger partial charge in [-0.05, 0) is 44.9 Å². The van der Waals surface area contributed by atoms with Gasteiger partial charge in [-0.3, -0.25) is 14.7 Å². The van der Waals surface area contributed by atoms with E-state index in [0.717, 1.165) is 0 Å². The minimum absolute atomic E-state index is 0.101. The van der Waals surface area contributed by atoms with Crippen molar-refractivity contribution in [3.05, 3.63) is 0 Å². The van der Waals surface area contributed by atoms with Crippen LogP contribution in [0.2, 0.25) is 0 Å². The maximum Gasteiger partial charge on any atom is 0.130 e. The van der Waals surface area contributed by atoms with Crippen molar-refractivity contribution in [2.24, 2.45) is 0 Å². The molecule has 0 bridgehead atoms. The molecule has 0 N–H and O–H groups in total. The van der Waals surface area contributed by atoms with E-state index in [9.17, 15) is 0 Å². The van der Waals surface area contributed by atoms with E-state index >= 15 is 0 Å². The van der Waals surface area contributed by atoms with Gasteiger partial charge in [0, 0.05) is 39.3 Å². The summed E-state index contributed by atoms with van der Waals surface area (Å²) in [5, 5.41) is 0. The first-order valence-electron chi connectivity index (χ1n) is 10.9. The second-order valence-corrected chi connectivity index (χ2v) is 7.09. The monoisotopic (exact) mass is 341 g/mol. The van der Waals surface area contributed by atoms with Gasteiger partial charge in [-0.25, -0.2) is 0 Å². The molecule has 0 heterocycles. The van der Waals surface area contributed by atoms with Crippen molar-refractivity contribution in [2.45, 2.75) is 99.2 Å². The fourth-order valence-electron chi connectivity index (χ4n) is 4.30. The summed E-state index contributed by atoms with van der Waals surface area (Å²) in [5.41, 5.74) is 0. The van der Waals surface area contributed by atoms with Gasteiger partial charge in [-0.15, -0.1) is 0 Å². The van der Waals surface area contributed by atoms with Gasteiger partial charge >= 0.3 is 0 Å². The summed E-state index contributed by atoms with van der Waals surface area (Å²) in [6, 6.07) is 0. The van der Waals surface area contributed by atoms with Crippen LogP contribution < -0.4 is 0 Å². The molecule has 3 nitrogen and oxygen atoms in total. The number of nitrogens with zero attached hydrogens (tertiary/aromatic N) is 3. The van der Waals surface area contributed by atoms with E-state index in [1.54, 1.807) is 0 Å². The molecule has 0 spiro atoms. The van der Waals surface area contributed by atoms with Crippen LogP contribution in [0.4, 0.5) is 0 Å². The molecule has 0 aliphatic heterocycles. The largest absolute Gasteiger partial charge is 0.273 e. The molecule has 0 aliphatic rings. The lowest BCUT2D eigenvalue weighted by Gasteiger charge is -2.57. The van der Waals surface area contributed by atoms with Crippen molar-refractivity contribution < 1.29 is 0 Å². The first-order chi connectivity index (χ1) is 11.6. The van der Waals surface area contributed by atoms with Crippen LogP contribution in [0, 0.1) is 0 Å². The van der Waals surface area contributed by atoms with E-state index in [1.165, 1.54) is 84.2 Å². The molecule has 0 aromatic carbocycles. The van der Waals surface area contributed by atoms with E-state index < -0.39 is 0 Å². The lowest BCUT2D eigenvalue weighted by atomic mass is 10.1. The second-order valence-electron chi connectivity index (χ2n) is 7.09. The molecule has 24 heavy (non-hydrogen) atoms. The first kappa shape index (κ1) is 23.9. The van der Waals surface area contributed by atoms with Crippen molar-refractivity contribution in [1.82, 2.24) is 14.7 Å². The average Bonchev–Trinajstić information content (AvgIpc) is 2.57. The third-order valence-electron chi connectivity index (χ3n) is 4.95. The van der Waals surface area contributed by atoms with Crippen LogP contribution in [0.3, 0.4) is 0 Å².